The predicted octanol–water partition coefficient (Wildman–Crippen LogP) is 7.41. The summed E-state index contributed by atoms with van der Waals surface area (Å²) < 4.78 is 8.13. The first-order valence-electron chi connectivity index (χ1n) is 18.0. The number of aromatic hydroxyl groups is 1. The molecule has 2 aliphatic carbocycles. The average molecular weight is 761 g/mol. The van der Waals surface area contributed by atoms with E-state index in [1.54, 1.807) is 41.3 Å². The van der Waals surface area contributed by atoms with Crippen molar-refractivity contribution in [2.24, 2.45) is 36.1 Å². The number of thiophene rings is 1. The van der Waals surface area contributed by atoms with Gasteiger partial charge in [-0.3, -0.25) is 28.8 Å². The topological polar surface area (TPSA) is 122 Å². The maximum atomic E-state index is 15.1. The molecule has 2 aromatic heterocycles. The lowest BCUT2D eigenvalue weighted by Gasteiger charge is -2.49. The second-order valence-electron chi connectivity index (χ2n) is 15.0. The van der Waals surface area contributed by atoms with E-state index < -0.39 is 35.0 Å². The molecule has 2 aliphatic heterocycles. The number of carbonyl (C=O) groups excluding carboxylic acids is 4. The number of phenols is 1. The van der Waals surface area contributed by atoms with Crippen molar-refractivity contribution in [3.63, 3.8) is 0 Å². The van der Waals surface area contributed by atoms with Crippen LogP contribution in [0.25, 0.3) is 20.7 Å². The van der Waals surface area contributed by atoms with Gasteiger partial charge >= 0.3 is 0 Å². The Bertz CT molecular complexity index is 2470. The van der Waals surface area contributed by atoms with Gasteiger partial charge in [-0.05, 0) is 85.0 Å². The molecule has 5 aromatic rings. The number of allylic oxidation sites excluding steroid dienone is 2. The van der Waals surface area contributed by atoms with Gasteiger partial charge in [0.2, 0.25) is 23.6 Å². The average Bonchev–Trinajstić information content (AvgIpc) is 3.83. The Hall–Kier alpha value is -5.26. The molecular weight excluding hydrogens is 724 g/mol. The number of carbonyl (C=O) groups is 4. The number of imide groups is 2. The zero-order chi connectivity index (χ0) is 37.8. The standard InChI is InChI=1S/C42H37ClN4O6S/c1-21-27-17-24(43)11-15-33(27)54-37(21)30-19-34(45(3)44-30)47-39(50)29-18-28-25(36(42(29,2)41(47)52)23-10-14-31(48)32(16-23)53-4)12-13-26-35(28)40(51)46(38(26)49)20-22-8-6-5-7-9-22/h5-12,14-17,19,26,28-29,35-36,48H,13,18,20H2,1-4H3/t26-,28+,29-,35-,36-,42+/m0/s1. The van der Waals surface area contributed by atoms with Crippen LogP contribution in [0.15, 0.2) is 84.4 Å². The first-order valence-corrected chi connectivity index (χ1v) is 19.2. The van der Waals surface area contributed by atoms with E-state index in [0.717, 1.165) is 31.7 Å². The van der Waals surface area contributed by atoms with E-state index in [9.17, 15) is 19.5 Å². The Morgan fingerprint density at radius 3 is 2.52 bits per heavy atom. The molecule has 274 valence electrons. The van der Waals surface area contributed by atoms with Crippen LogP contribution in [-0.4, -0.2) is 50.5 Å². The lowest BCUT2D eigenvalue weighted by atomic mass is 9.51. The number of benzene rings is 3. The number of amides is 4. The SMILES string of the molecule is COc1cc([C@H]2C3=CC[C@@H]4C(=O)N(Cc5ccccc5)C(=O)[C@@H]4[C@@H]3C[C@H]3C(=O)N(c4cc(-c5sc6ccc(Cl)cc6c5C)nn4C)C(=O)[C@@]23C)ccc1O. The largest absolute Gasteiger partial charge is 0.504 e. The summed E-state index contributed by atoms with van der Waals surface area (Å²) in [6.45, 7) is 4.02. The number of aromatic nitrogens is 2. The first kappa shape index (κ1) is 34.5. The second-order valence-corrected chi connectivity index (χ2v) is 16.5. The van der Waals surface area contributed by atoms with Gasteiger partial charge in [0.05, 0.1) is 41.7 Å². The quantitative estimate of drug-likeness (QED) is 0.141. The van der Waals surface area contributed by atoms with Crippen LogP contribution in [-0.2, 0) is 32.8 Å². The minimum absolute atomic E-state index is 0.0576. The van der Waals surface area contributed by atoms with Crippen molar-refractivity contribution in [3.8, 4) is 22.1 Å². The number of phenolic OH excluding ortho intramolecular Hbond substituents is 1. The van der Waals surface area contributed by atoms with E-state index in [1.807, 2.05) is 68.5 Å². The number of rotatable bonds is 6. The van der Waals surface area contributed by atoms with Crippen LogP contribution in [0, 0.1) is 36.0 Å². The highest BCUT2D eigenvalue weighted by atomic mass is 35.5. The van der Waals surface area contributed by atoms with Crippen LogP contribution in [0.2, 0.25) is 5.02 Å². The van der Waals surface area contributed by atoms with Crippen molar-refractivity contribution in [3.05, 3.63) is 106 Å². The van der Waals surface area contributed by atoms with E-state index in [1.165, 1.54) is 23.0 Å². The highest BCUT2D eigenvalue weighted by Gasteiger charge is 2.68. The first-order chi connectivity index (χ1) is 25.9. The molecule has 6 atom stereocenters. The molecule has 0 bridgehead atoms. The minimum atomic E-state index is -1.27. The van der Waals surface area contributed by atoms with E-state index in [4.69, 9.17) is 21.4 Å². The Balaban J connectivity index is 1.14. The zero-order valence-electron chi connectivity index (χ0n) is 30.1. The van der Waals surface area contributed by atoms with Crippen molar-refractivity contribution in [2.45, 2.75) is 39.2 Å². The van der Waals surface area contributed by atoms with Gasteiger partial charge in [0.15, 0.2) is 11.5 Å². The van der Waals surface area contributed by atoms with Crippen LogP contribution in [0.4, 0.5) is 5.82 Å². The molecule has 1 saturated carbocycles. The van der Waals surface area contributed by atoms with Gasteiger partial charge < -0.3 is 9.84 Å². The maximum absolute atomic E-state index is 15.1. The molecule has 3 aromatic carbocycles. The summed E-state index contributed by atoms with van der Waals surface area (Å²) in [5.41, 5.74) is 2.77. The molecule has 4 amide bonds. The second kappa shape index (κ2) is 12.4. The van der Waals surface area contributed by atoms with Gasteiger partial charge in [0, 0.05) is 28.8 Å². The third kappa shape index (κ3) is 4.87. The predicted molar refractivity (Wildman–Crippen MR) is 205 cm³/mol. The number of hydrogen-bond donors (Lipinski definition) is 1. The molecule has 2 saturated heterocycles. The fourth-order valence-electron chi connectivity index (χ4n) is 9.69. The van der Waals surface area contributed by atoms with E-state index in [0.29, 0.717) is 28.5 Å². The lowest BCUT2D eigenvalue weighted by molar-refractivity contribution is -0.141. The van der Waals surface area contributed by atoms with Gasteiger partial charge in [-0.1, -0.05) is 59.6 Å². The van der Waals surface area contributed by atoms with Gasteiger partial charge in [0.1, 0.15) is 11.5 Å². The van der Waals surface area contributed by atoms with Crippen LogP contribution in [0.5, 0.6) is 11.5 Å². The Morgan fingerprint density at radius 1 is 0.981 bits per heavy atom. The van der Waals surface area contributed by atoms with E-state index in [2.05, 4.69) is 0 Å². The summed E-state index contributed by atoms with van der Waals surface area (Å²) in [5, 5.41) is 17.0. The van der Waals surface area contributed by atoms with Crippen LogP contribution >= 0.6 is 22.9 Å². The summed E-state index contributed by atoms with van der Waals surface area (Å²) in [7, 11) is 3.18. The molecule has 1 N–H and O–H groups in total. The van der Waals surface area contributed by atoms with Crippen molar-refractivity contribution >= 4 is 62.5 Å². The number of aryl methyl sites for hydroxylation is 2. The molecular formula is C42H37ClN4O6S. The van der Waals surface area contributed by atoms with Crippen molar-refractivity contribution < 1.29 is 29.0 Å². The summed E-state index contributed by atoms with van der Waals surface area (Å²) in [4.78, 5) is 61.8. The van der Waals surface area contributed by atoms with Gasteiger partial charge in [-0.2, -0.15) is 5.10 Å². The monoisotopic (exact) mass is 760 g/mol. The molecule has 0 unspecified atom stereocenters. The molecule has 0 spiro atoms. The Kier molecular flexibility index (Phi) is 7.92. The summed E-state index contributed by atoms with van der Waals surface area (Å²) in [6.07, 6.45) is 2.60. The van der Waals surface area contributed by atoms with Crippen LogP contribution in [0.1, 0.15) is 42.4 Å². The smallest absolute Gasteiger partial charge is 0.242 e. The Morgan fingerprint density at radius 2 is 1.76 bits per heavy atom. The van der Waals surface area contributed by atoms with Gasteiger partial charge in [-0.15, -0.1) is 11.3 Å². The molecule has 4 aliphatic rings. The number of halogens is 1. The third-order valence-corrected chi connectivity index (χ3v) is 13.8. The van der Waals surface area contributed by atoms with E-state index >= 15 is 4.79 Å². The number of nitrogens with zero attached hydrogens (tertiary/aromatic N) is 4. The molecule has 54 heavy (non-hydrogen) atoms. The molecule has 0 radical (unpaired) electrons. The Labute approximate surface area is 320 Å². The van der Waals surface area contributed by atoms with Gasteiger partial charge in [0.25, 0.3) is 0 Å². The van der Waals surface area contributed by atoms with Gasteiger partial charge in [-0.25, -0.2) is 4.90 Å². The minimum Gasteiger partial charge on any atom is -0.504 e. The third-order valence-electron chi connectivity index (χ3n) is 12.3. The number of fused-ring (bicyclic) bond motifs is 5. The zero-order valence-corrected chi connectivity index (χ0v) is 31.6. The molecule has 3 fully saturated rings. The number of anilines is 1. The number of hydrogen-bond acceptors (Lipinski definition) is 8. The van der Waals surface area contributed by atoms with Crippen molar-refractivity contribution in [1.82, 2.24) is 14.7 Å². The molecule has 12 heteroatoms. The normalized spacial score (nSPS) is 26.3. The summed E-state index contributed by atoms with van der Waals surface area (Å²) >= 11 is 7.89. The van der Waals surface area contributed by atoms with Crippen molar-refractivity contribution in [2.75, 3.05) is 12.0 Å². The maximum Gasteiger partial charge on any atom is 0.242 e. The highest BCUT2D eigenvalue weighted by Crippen LogP contribution is 2.64. The molecule has 10 nitrogen and oxygen atoms in total. The molecule has 4 heterocycles. The number of likely N-dealkylation sites (tertiary alicyclic amines) is 1. The fraction of sp³-hybridized carbons (Fsp3) is 0.310. The van der Waals surface area contributed by atoms with E-state index in [-0.39, 0.29) is 48.1 Å². The highest BCUT2D eigenvalue weighted by molar-refractivity contribution is 7.22. The summed E-state index contributed by atoms with van der Waals surface area (Å²) in [5.74, 6) is -3.82. The molecule has 9 rings (SSSR count). The fourth-order valence-corrected chi connectivity index (χ4v) is 11.0. The number of methoxy groups -OCH3 is 1. The lowest BCUT2D eigenvalue weighted by Crippen LogP contribution is -2.48. The van der Waals surface area contributed by atoms with Crippen LogP contribution < -0.4 is 9.64 Å². The summed E-state index contributed by atoms with van der Waals surface area (Å²) in [6, 6.07) is 22.0. The van der Waals surface area contributed by atoms with Crippen LogP contribution in [0.3, 0.4) is 0 Å². The van der Waals surface area contributed by atoms with Crippen molar-refractivity contribution in [1.29, 1.82) is 0 Å². The number of ether oxygens (including phenoxy) is 1.